The van der Waals surface area contributed by atoms with Gasteiger partial charge in [0, 0.05) is 24.3 Å². The van der Waals surface area contributed by atoms with E-state index in [0.29, 0.717) is 26.4 Å². The molecule has 0 bridgehead atoms. The molecule has 0 saturated heterocycles. The number of hydrogen-bond acceptors (Lipinski definition) is 4. The molecule has 0 amide bonds. The van der Waals surface area contributed by atoms with E-state index in [1.54, 1.807) is 12.1 Å². The Hall–Kier alpha value is -2.04. The predicted octanol–water partition coefficient (Wildman–Crippen LogP) is 3.84. The molecule has 2 aromatic carbocycles. The molecule has 2 N–H and O–H groups in total. The van der Waals surface area contributed by atoms with Crippen molar-refractivity contribution in [1.29, 1.82) is 0 Å². The van der Waals surface area contributed by atoms with Gasteiger partial charge in [-0.05, 0) is 49.2 Å². The first kappa shape index (κ1) is 16.3. The average Bonchev–Trinajstić information content (AvgIpc) is 2.53. The number of rotatable bonds is 7. The molecule has 118 valence electrons. The molecular weight excluding hydrogens is 280 g/mol. The Balaban J connectivity index is 2.30. The molecule has 4 heteroatoms. The second-order valence-electron chi connectivity index (χ2n) is 4.96. The van der Waals surface area contributed by atoms with Crippen molar-refractivity contribution in [3.8, 4) is 22.6 Å². The summed E-state index contributed by atoms with van der Waals surface area (Å²) < 4.78 is 10.7. The van der Waals surface area contributed by atoms with Crippen molar-refractivity contribution in [2.45, 2.75) is 27.1 Å². The van der Waals surface area contributed by atoms with Crippen LogP contribution in [0.4, 0.5) is 0 Å². The van der Waals surface area contributed by atoms with Crippen LogP contribution in [0.15, 0.2) is 36.4 Å². The third-order valence-electron chi connectivity index (χ3n) is 3.42. The zero-order valence-corrected chi connectivity index (χ0v) is 13.0. The molecule has 2 aromatic rings. The van der Waals surface area contributed by atoms with Gasteiger partial charge in [-0.2, -0.15) is 0 Å². The second-order valence-corrected chi connectivity index (χ2v) is 4.96. The molecular formula is C18H22O4. The number of ether oxygens (including phenoxy) is 2. The minimum Gasteiger partial charge on any atom is -0.508 e. The molecule has 0 spiro atoms. The fraction of sp³-hybridized carbons (Fsp3) is 0.333. The molecule has 0 atom stereocenters. The highest BCUT2D eigenvalue weighted by Gasteiger charge is 2.08. The van der Waals surface area contributed by atoms with Gasteiger partial charge < -0.3 is 19.7 Å². The summed E-state index contributed by atoms with van der Waals surface area (Å²) in [4.78, 5) is 0. The van der Waals surface area contributed by atoms with Crippen LogP contribution in [0.25, 0.3) is 11.1 Å². The molecule has 0 heterocycles. The molecule has 0 saturated carbocycles. The molecule has 4 nitrogen and oxygen atoms in total. The fourth-order valence-electron chi connectivity index (χ4n) is 2.19. The summed E-state index contributed by atoms with van der Waals surface area (Å²) in [6.45, 7) is 5.78. The van der Waals surface area contributed by atoms with Crippen LogP contribution in [0.1, 0.15) is 25.0 Å². The Morgan fingerprint density at radius 1 is 0.727 bits per heavy atom. The summed E-state index contributed by atoms with van der Waals surface area (Å²) >= 11 is 0. The Morgan fingerprint density at radius 2 is 1.14 bits per heavy atom. The lowest BCUT2D eigenvalue weighted by Crippen LogP contribution is -1.95. The zero-order chi connectivity index (χ0) is 15.9. The van der Waals surface area contributed by atoms with Gasteiger partial charge in [-0.3, -0.25) is 0 Å². The Morgan fingerprint density at radius 3 is 1.50 bits per heavy atom. The molecule has 0 radical (unpaired) electrons. The standard InChI is InChI=1S/C18H22O4/c1-3-21-11-15-9-13(5-7-17(15)19)14-6-8-18(20)16(10-14)12-22-4-2/h5-10,19-20H,3-4,11-12H2,1-2H3. The molecule has 0 aliphatic heterocycles. The van der Waals surface area contributed by atoms with Crippen LogP contribution >= 0.6 is 0 Å². The highest BCUT2D eigenvalue weighted by Crippen LogP contribution is 2.30. The number of phenolic OH excluding ortho intramolecular Hbond substituents is 2. The normalized spacial score (nSPS) is 10.8. The third-order valence-corrected chi connectivity index (χ3v) is 3.42. The van der Waals surface area contributed by atoms with Crippen molar-refractivity contribution in [2.24, 2.45) is 0 Å². The maximum atomic E-state index is 9.88. The van der Waals surface area contributed by atoms with Crippen LogP contribution in [0.5, 0.6) is 11.5 Å². The summed E-state index contributed by atoms with van der Waals surface area (Å²) in [5.74, 6) is 0.455. The molecule has 2 rings (SSSR count). The lowest BCUT2D eigenvalue weighted by Gasteiger charge is -2.11. The van der Waals surface area contributed by atoms with Crippen LogP contribution in [0.3, 0.4) is 0 Å². The Labute approximate surface area is 130 Å². The predicted molar refractivity (Wildman–Crippen MR) is 85.9 cm³/mol. The molecule has 0 fully saturated rings. The van der Waals surface area contributed by atoms with Gasteiger partial charge in [-0.25, -0.2) is 0 Å². The van der Waals surface area contributed by atoms with Crippen LogP contribution in [0.2, 0.25) is 0 Å². The van der Waals surface area contributed by atoms with Gasteiger partial charge >= 0.3 is 0 Å². The zero-order valence-electron chi connectivity index (χ0n) is 13.0. The third kappa shape index (κ3) is 4.00. The summed E-state index contributed by atoms with van der Waals surface area (Å²) in [6, 6.07) is 10.8. The van der Waals surface area contributed by atoms with E-state index < -0.39 is 0 Å². The number of phenols is 2. The highest BCUT2D eigenvalue weighted by atomic mass is 16.5. The maximum Gasteiger partial charge on any atom is 0.121 e. The van der Waals surface area contributed by atoms with Gasteiger partial charge in [0.15, 0.2) is 0 Å². The van der Waals surface area contributed by atoms with Crippen molar-refractivity contribution in [1.82, 2.24) is 0 Å². The summed E-state index contributed by atoms with van der Waals surface area (Å²) in [6.07, 6.45) is 0. The first-order valence-corrected chi connectivity index (χ1v) is 7.45. The molecule has 0 aliphatic rings. The molecule has 0 aromatic heterocycles. The minimum atomic E-state index is 0.227. The minimum absolute atomic E-state index is 0.227. The fourth-order valence-corrected chi connectivity index (χ4v) is 2.19. The van der Waals surface area contributed by atoms with Crippen molar-refractivity contribution < 1.29 is 19.7 Å². The van der Waals surface area contributed by atoms with E-state index in [1.165, 1.54) is 0 Å². The summed E-state index contributed by atoms with van der Waals surface area (Å²) in [5, 5.41) is 19.8. The lowest BCUT2D eigenvalue weighted by molar-refractivity contribution is 0.132. The largest absolute Gasteiger partial charge is 0.508 e. The van der Waals surface area contributed by atoms with Gasteiger partial charge in [-0.15, -0.1) is 0 Å². The van der Waals surface area contributed by atoms with E-state index >= 15 is 0 Å². The average molecular weight is 302 g/mol. The number of aromatic hydroxyl groups is 2. The molecule has 22 heavy (non-hydrogen) atoms. The van der Waals surface area contributed by atoms with Crippen molar-refractivity contribution in [3.63, 3.8) is 0 Å². The van der Waals surface area contributed by atoms with Crippen molar-refractivity contribution in [2.75, 3.05) is 13.2 Å². The number of benzene rings is 2. The van der Waals surface area contributed by atoms with Crippen molar-refractivity contribution in [3.05, 3.63) is 47.5 Å². The second kappa shape index (κ2) is 7.82. The van der Waals surface area contributed by atoms with Crippen LogP contribution in [-0.2, 0) is 22.7 Å². The van der Waals surface area contributed by atoms with Gasteiger partial charge in [0.1, 0.15) is 11.5 Å². The highest BCUT2D eigenvalue weighted by molar-refractivity contribution is 5.67. The van der Waals surface area contributed by atoms with Gasteiger partial charge in [-0.1, -0.05) is 12.1 Å². The Kier molecular flexibility index (Phi) is 5.81. The molecule has 0 aliphatic carbocycles. The quantitative estimate of drug-likeness (QED) is 0.816. The monoisotopic (exact) mass is 302 g/mol. The van der Waals surface area contributed by atoms with E-state index in [4.69, 9.17) is 9.47 Å². The summed E-state index contributed by atoms with van der Waals surface area (Å²) in [7, 11) is 0. The number of hydrogen-bond donors (Lipinski definition) is 2. The van der Waals surface area contributed by atoms with Crippen molar-refractivity contribution >= 4 is 0 Å². The van der Waals surface area contributed by atoms with Gasteiger partial charge in [0.05, 0.1) is 13.2 Å². The topological polar surface area (TPSA) is 58.9 Å². The van der Waals surface area contributed by atoms with E-state index in [1.807, 2.05) is 38.1 Å². The van der Waals surface area contributed by atoms with Gasteiger partial charge in [0.25, 0.3) is 0 Å². The smallest absolute Gasteiger partial charge is 0.121 e. The van der Waals surface area contributed by atoms with Crippen LogP contribution in [-0.4, -0.2) is 23.4 Å². The first-order valence-electron chi connectivity index (χ1n) is 7.45. The van der Waals surface area contributed by atoms with Crippen LogP contribution < -0.4 is 0 Å². The van der Waals surface area contributed by atoms with Gasteiger partial charge in [0.2, 0.25) is 0 Å². The van der Waals surface area contributed by atoms with E-state index in [-0.39, 0.29) is 11.5 Å². The first-order chi connectivity index (χ1) is 10.7. The molecule has 0 unspecified atom stereocenters. The lowest BCUT2D eigenvalue weighted by atomic mass is 10.0. The van der Waals surface area contributed by atoms with E-state index in [9.17, 15) is 10.2 Å². The summed E-state index contributed by atoms with van der Waals surface area (Å²) in [5.41, 5.74) is 3.42. The SMILES string of the molecule is CCOCc1cc(-c2ccc(O)c(COCC)c2)ccc1O. The van der Waals surface area contributed by atoms with E-state index in [2.05, 4.69) is 0 Å². The van der Waals surface area contributed by atoms with Crippen LogP contribution in [0, 0.1) is 0 Å². The Bertz CT molecular complexity index is 567. The van der Waals surface area contributed by atoms with E-state index in [0.717, 1.165) is 22.3 Å². The maximum absolute atomic E-state index is 9.88.